The van der Waals surface area contributed by atoms with Crippen molar-refractivity contribution >= 4 is 8.58 Å². The fourth-order valence-electron chi connectivity index (χ4n) is 1.82. The summed E-state index contributed by atoms with van der Waals surface area (Å²) in [6.07, 6.45) is 5.76. The molecule has 0 heterocycles. The normalized spacial score (nSPS) is 35.4. The summed E-state index contributed by atoms with van der Waals surface area (Å²) in [4.78, 5) is 0. The molecule has 3 unspecified atom stereocenters. The number of hydrogen-bond acceptors (Lipinski definition) is 1. The Morgan fingerprint density at radius 2 is 2.00 bits per heavy atom. The molecule has 1 aliphatic rings. The predicted octanol–water partition coefficient (Wildman–Crippen LogP) is 1.83. The van der Waals surface area contributed by atoms with E-state index in [2.05, 4.69) is 19.0 Å². The Labute approximate surface area is 65.8 Å². The molecule has 1 rings (SSSR count). The van der Waals surface area contributed by atoms with Crippen LogP contribution in [0.2, 0.25) is 0 Å². The number of nitrogens with one attached hydrogen (secondary N) is 1. The molecule has 0 amide bonds. The number of rotatable bonds is 2. The molecule has 1 saturated carbocycles. The smallest absolute Gasteiger partial charge is 0.0129 e. The quantitative estimate of drug-likeness (QED) is 0.606. The van der Waals surface area contributed by atoms with Crippen LogP contribution < -0.4 is 5.32 Å². The highest BCUT2D eigenvalue weighted by molar-refractivity contribution is 7.38. The predicted molar refractivity (Wildman–Crippen MR) is 49.3 cm³/mol. The van der Waals surface area contributed by atoms with E-state index >= 15 is 0 Å². The molecule has 1 N–H and O–H groups in total. The Morgan fingerprint density at radius 3 is 2.50 bits per heavy atom. The second kappa shape index (κ2) is 4.31. The average molecular weight is 159 g/mol. The van der Waals surface area contributed by atoms with Crippen LogP contribution in [0.3, 0.4) is 0 Å². The molecule has 0 aromatic carbocycles. The van der Waals surface area contributed by atoms with Crippen molar-refractivity contribution in [2.24, 2.45) is 0 Å². The zero-order chi connectivity index (χ0) is 7.40. The standard InChI is InChI=1S/C8H18NP/c1-9-7-5-3-4-6-8(7)10-2/h7-10H,3-6H2,1-2H3. The minimum atomic E-state index is 0.831. The van der Waals surface area contributed by atoms with Gasteiger partial charge in [-0.25, -0.2) is 0 Å². The van der Waals surface area contributed by atoms with Gasteiger partial charge < -0.3 is 5.32 Å². The van der Waals surface area contributed by atoms with Crippen LogP contribution in [0.5, 0.6) is 0 Å². The number of hydrogen-bond donors (Lipinski definition) is 1. The van der Waals surface area contributed by atoms with Gasteiger partial charge in [-0.1, -0.05) is 12.8 Å². The van der Waals surface area contributed by atoms with E-state index in [9.17, 15) is 0 Å². The van der Waals surface area contributed by atoms with Crippen LogP contribution in [0.1, 0.15) is 25.7 Å². The van der Waals surface area contributed by atoms with Crippen LogP contribution in [-0.4, -0.2) is 25.4 Å². The molecule has 0 aromatic heterocycles. The first-order valence-corrected chi connectivity index (χ1v) is 5.80. The van der Waals surface area contributed by atoms with Gasteiger partial charge in [0.1, 0.15) is 0 Å². The SMILES string of the molecule is CNC1CCCCC1PC. The zero-order valence-electron chi connectivity index (χ0n) is 6.98. The highest BCUT2D eigenvalue weighted by Gasteiger charge is 2.21. The van der Waals surface area contributed by atoms with Gasteiger partial charge in [0, 0.05) is 6.04 Å². The average Bonchev–Trinajstić information content (AvgIpc) is 2.04. The summed E-state index contributed by atoms with van der Waals surface area (Å²) in [5.74, 6) is 0. The molecular weight excluding hydrogens is 141 g/mol. The highest BCUT2D eigenvalue weighted by Crippen LogP contribution is 2.30. The van der Waals surface area contributed by atoms with Gasteiger partial charge in [0.15, 0.2) is 0 Å². The van der Waals surface area contributed by atoms with E-state index in [1.165, 1.54) is 25.7 Å². The van der Waals surface area contributed by atoms with E-state index in [0.717, 1.165) is 20.3 Å². The lowest BCUT2D eigenvalue weighted by molar-refractivity contribution is 0.403. The van der Waals surface area contributed by atoms with Gasteiger partial charge in [-0.3, -0.25) is 0 Å². The first-order valence-electron chi connectivity index (χ1n) is 4.23. The minimum absolute atomic E-state index is 0.831. The molecule has 2 heteroatoms. The van der Waals surface area contributed by atoms with E-state index in [4.69, 9.17) is 0 Å². The fourth-order valence-corrected chi connectivity index (χ4v) is 3.05. The lowest BCUT2D eigenvalue weighted by Crippen LogP contribution is -2.37. The van der Waals surface area contributed by atoms with Crippen molar-refractivity contribution < 1.29 is 0 Å². The molecule has 1 fully saturated rings. The molecule has 1 nitrogen and oxygen atoms in total. The van der Waals surface area contributed by atoms with Crippen molar-refractivity contribution in [3.8, 4) is 0 Å². The lowest BCUT2D eigenvalue weighted by Gasteiger charge is -2.30. The van der Waals surface area contributed by atoms with E-state index < -0.39 is 0 Å². The summed E-state index contributed by atoms with van der Waals surface area (Å²) in [7, 11) is 3.23. The third-order valence-electron chi connectivity index (χ3n) is 2.51. The Bertz CT molecular complexity index is 83.3. The molecule has 1 aliphatic carbocycles. The third kappa shape index (κ3) is 1.93. The molecular formula is C8H18NP. The first kappa shape index (κ1) is 8.49. The third-order valence-corrected chi connectivity index (χ3v) is 3.94. The van der Waals surface area contributed by atoms with Crippen molar-refractivity contribution in [3.63, 3.8) is 0 Å². The topological polar surface area (TPSA) is 12.0 Å². The van der Waals surface area contributed by atoms with E-state index in [-0.39, 0.29) is 0 Å². The molecule has 10 heavy (non-hydrogen) atoms. The van der Waals surface area contributed by atoms with Crippen LogP contribution in [0.15, 0.2) is 0 Å². The first-order chi connectivity index (χ1) is 4.88. The Hall–Kier alpha value is 0.390. The van der Waals surface area contributed by atoms with Gasteiger partial charge in [-0.15, -0.1) is 8.58 Å². The molecule has 0 aliphatic heterocycles. The summed E-state index contributed by atoms with van der Waals surface area (Å²) < 4.78 is 0. The van der Waals surface area contributed by atoms with Gasteiger partial charge >= 0.3 is 0 Å². The Morgan fingerprint density at radius 1 is 1.30 bits per heavy atom. The highest BCUT2D eigenvalue weighted by atomic mass is 31.1. The van der Waals surface area contributed by atoms with Crippen LogP contribution >= 0.6 is 8.58 Å². The Balaban J connectivity index is 2.34. The maximum atomic E-state index is 3.41. The fraction of sp³-hybridized carbons (Fsp3) is 1.00. The van der Waals surface area contributed by atoms with Gasteiger partial charge in [0.2, 0.25) is 0 Å². The maximum Gasteiger partial charge on any atom is 0.0129 e. The summed E-state index contributed by atoms with van der Waals surface area (Å²) >= 11 is 0. The monoisotopic (exact) mass is 159 g/mol. The minimum Gasteiger partial charge on any atom is -0.316 e. The van der Waals surface area contributed by atoms with E-state index in [0.29, 0.717) is 0 Å². The van der Waals surface area contributed by atoms with Gasteiger partial charge in [0.25, 0.3) is 0 Å². The van der Waals surface area contributed by atoms with Crippen molar-refractivity contribution in [3.05, 3.63) is 0 Å². The van der Waals surface area contributed by atoms with Crippen LogP contribution in [0.4, 0.5) is 0 Å². The van der Waals surface area contributed by atoms with Crippen LogP contribution in [0.25, 0.3) is 0 Å². The molecule has 0 aromatic rings. The summed E-state index contributed by atoms with van der Waals surface area (Å²) in [6, 6.07) is 0.831. The summed E-state index contributed by atoms with van der Waals surface area (Å²) in [5.41, 5.74) is 0.985. The second-order valence-electron chi connectivity index (χ2n) is 3.07. The molecule has 3 atom stereocenters. The van der Waals surface area contributed by atoms with Crippen molar-refractivity contribution in [2.45, 2.75) is 37.4 Å². The van der Waals surface area contributed by atoms with Crippen LogP contribution in [-0.2, 0) is 0 Å². The molecule has 0 spiro atoms. The van der Waals surface area contributed by atoms with Crippen molar-refractivity contribution in [1.29, 1.82) is 0 Å². The van der Waals surface area contributed by atoms with Crippen molar-refractivity contribution in [1.82, 2.24) is 5.32 Å². The van der Waals surface area contributed by atoms with Gasteiger partial charge in [-0.2, -0.15) is 0 Å². The molecule has 0 bridgehead atoms. The molecule has 0 saturated heterocycles. The zero-order valence-corrected chi connectivity index (χ0v) is 7.98. The maximum absolute atomic E-state index is 3.41. The van der Waals surface area contributed by atoms with Gasteiger partial charge in [-0.05, 0) is 32.2 Å². The lowest BCUT2D eigenvalue weighted by atomic mass is 9.95. The second-order valence-corrected chi connectivity index (χ2v) is 4.39. The largest absolute Gasteiger partial charge is 0.316 e. The molecule has 0 radical (unpaired) electrons. The Kier molecular flexibility index (Phi) is 3.65. The van der Waals surface area contributed by atoms with Gasteiger partial charge in [0.05, 0.1) is 0 Å². The van der Waals surface area contributed by atoms with Crippen LogP contribution in [0, 0.1) is 0 Å². The van der Waals surface area contributed by atoms with Crippen molar-refractivity contribution in [2.75, 3.05) is 13.7 Å². The molecule has 60 valence electrons. The van der Waals surface area contributed by atoms with E-state index in [1.807, 2.05) is 0 Å². The summed E-state index contributed by atoms with van der Waals surface area (Å²) in [5, 5.41) is 3.41. The summed E-state index contributed by atoms with van der Waals surface area (Å²) in [6.45, 7) is 2.33. The van der Waals surface area contributed by atoms with E-state index in [1.54, 1.807) is 0 Å².